The predicted octanol–water partition coefficient (Wildman–Crippen LogP) is 3.97. The lowest BCUT2D eigenvalue weighted by Crippen LogP contribution is -2.12. The summed E-state index contributed by atoms with van der Waals surface area (Å²) in [5.41, 5.74) is 1.13. The van der Waals surface area contributed by atoms with E-state index in [-0.39, 0.29) is 16.4 Å². The van der Waals surface area contributed by atoms with Crippen LogP contribution in [0.2, 0.25) is 5.15 Å². The summed E-state index contributed by atoms with van der Waals surface area (Å²) in [6, 6.07) is 5.79. The number of carbonyl (C=O) groups excluding carboxylic acids is 1. The largest absolute Gasteiger partial charge is 0.321 e. The maximum Gasteiger partial charge on any atom is 0.270 e. The highest BCUT2D eigenvalue weighted by Crippen LogP contribution is 2.24. The molecule has 1 aromatic heterocycles. The number of nitrogens with zero attached hydrogens (tertiary/aromatic N) is 2. The van der Waals surface area contributed by atoms with Crippen molar-refractivity contribution in [3.63, 3.8) is 0 Å². The van der Waals surface area contributed by atoms with Crippen molar-refractivity contribution in [2.45, 2.75) is 6.92 Å². The number of anilines is 1. The number of non-ortho nitro benzene ring substituents is 1. The van der Waals surface area contributed by atoms with E-state index in [1.165, 1.54) is 18.3 Å². The number of nitro groups is 1. The zero-order valence-corrected chi connectivity index (χ0v) is 13.1. The number of aromatic nitrogens is 1. The molecule has 1 aromatic carbocycles. The van der Waals surface area contributed by atoms with E-state index in [1.807, 2.05) is 0 Å². The van der Waals surface area contributed by atoms with Crippen molar-refractivity contribution >= 4 is 44.8 Å². The Balaban J connectivity index is 2.27. The molecule has 8 heteroatoms. The standard InChI is InChI=1S/C13H9BrClN3O3/c1-7-2-8(4-10(3-7)18(20)21)13(19)17-9-5-11(14)12(15)16-6-9/h2-6H,1H3,(H,17,19). The van der Waals surface area contributed by atoms with E-state index in [9.17, 15) is 14.9 Å². The molecule has 2 rings (SSSR count). The van der Waals surface area contributed by atoms with E-state index in [0.717, 1.165) is 0 Å². The molecule has 1 amide bonds. The Bertz CT molecular complexity index is 737. The Hall–Kier alpha value is -1.99. The van der Waals surface area contributed by atoms with Gasteiger partial charge in [0.25, 0.3) is 11.6 Å². The molecule has 6 nitrogen and oxygen atoms in total. The van der Waals surface area contributed by atoms with Gasteiger partial charge in [0.1, 0.15) is 5.15 Å². The first-order chi connectivity index (χ1) is 9.86. The molecule has 0 saturated carbocycles. The van der Waals surface area contributed by atoms with Crippen molar-refractivity contribution in [1.82, 2.24) is 4.98 Å². The molecule has 1 N–H and O–H groups in total. The molecule has 108 valence electrons. The van der Waals surface area contributed by atoms with Crippen molar-refractivity contribution in [3.8, 4) is 0 Å². The molecular weight excluding hydrogens is 362 g/mol. The molecule has 0 aliphatic rings. The van der Waals surface area contributed by atoms with Crippen molar-refractivity contribution < 1.29 is 9.72 Å². The molecule has 1 heterocycles. The van der Waals surface area contributed by atoms with Crippen LogP contribution >= 0.6 is 27.5 Å². The molecule has 2 aromatic rings. The van der Waals surface area contributed by atoms with Crippen LogP contribution in [0.3, 0.4) is 0 Å². The minimum Gasteiger partial charge on any atom is -0.321 e. The SMILES string of the molecule is Cc1cc(C(=O)Nc2cnc(Cl)c(Br)c2)cc([N+](=O)[O-])c1. The number of carbonyl (C=O) groups is 1. The Labute approximate surface area is 133 Å². The van der Waals surface area contributed by atoms with E-state index in [0.29, 0.717) is 15.7 Å². The van der Waals surface area contributed by atoms with Gasteiger partial charge in [0, 0.05) is 17.7 Å². The molecule has 0 saturated heterocycles. The molecule has 0 radical (unpaired) electrons. The highest BCUT2D eigenvalue weighted by molar-refractivity contribution is 9.10. The normalized spacial score (nSPS) is 10.2. The molecule has 0 unspecified atom stereocenters. The third-order valence-corrected chi connectivity index (χ3v) is 3.72. The van der Waals surface area contributed by atoms with Crippen LogP contribution in [0.25, 0.3) is 0 Å². The molecule has 21 heavy (non-hydrogen) atoms. The van der Waals surface area contributed by atoms with Crippen LogP contribution in [0, 0.1) is 17.0 Å². The van der Waals surface area contributed by atoms with E-state index in [2.05, 4.69) is 26.2 Å². The van der Waals surface area contributed by atoms with E-state index in [4.69, 9.17) is 11.6 Å². The van der Waals surface area contributed by atoms with Gasteiger partial charge in [-0.2, -0.15) is 0 Å². The second-order valence-electron chi connectivity index (χ2n) is 4.27. The number of halogens is 2. The Morgan fingerprint density at radius 1 is 1.38 bits per heavy atom. The van der Waals surface area contributed by atoms with Crippen LogP contribution in [0.1, 0.15) is 15.9 Å². The van der Waals surface area contributed by atoms with Crippen molar-refractivity contribution in [3.05, 3.63) is 61.3 Å². The van der Waals surface area contributed by atoms with Crippen molar-refractivity contribution in [2.75, 3.05) is 5.32 Å². The monoisotopic (exact) mass is 369 g/mol. The number of aryl methyl sites for hydroxylation is 1. The second kappa shape index (κ2) is 6.19. The maximum atomic E-state index is 12.1. The third-order valence-electron chi connectivity index (χ3n) is 2.59. The molecule has 0 atom stereocenters. The van der Waals surface area contributed by atoms with Gasteiger partial charge in [-0.05, 0) is 40.5 Å². The quantitative estimate of drug-likeness (QED) is 0.503. The van der Waals surface area contributed by atoms with Gasteiger partial charge >= 0.3 is 0 Å². The van der Waals surface area contributed by atoms with Gasteiger partial charge in [-0.15, -0.1) is 0 Å². The zero-order valence-electron chi connectivity index (χ0n) is 10.8. The Morgan fingerprint density at radius 2 is 2.10 bits per heavy atom. The minimum atomic E-state index is -0.537. The molecule has 0 aliphatic carbocycles. The summed E-state index contributed by atoms with van der Waals surface area (Å²) in [6.45, 7) is 1.68. The Kier molecular flexibility index (Phi) is 4.54. The molecule has 0 bridgehead atoms. The number of hydrogen-bond donors (Lipinski definition) is 1. The zero-order chi connectivity index (χ0) is 15.6. The lowest BCUT2D eigenvalue weighted by Gasteiger charge is -2.06. The number of amides is 1. The maximum absolute atomic E-state index is 12.1. The predicted molar refractivity (Wildman–Crippen MR) is 82.7 cm³/mol. The molecule has 0 aliphatic heterocycles. The van der Waals surface area contributed by atoms with Gasteiger partial charge < -0.3 is 5.32 Å². The fourth-order valence-corrected chi connectivity index (χ4v) is 2.14. The summed E-state index contributed by atoms with van der Waals surface area (Å²) in [7, 11) is 0. The van der Waals surface area contributed by atoms with Crippen LogP contribution in [0.4, 0.5) is 11.4 Å². The van der Waals surface area contributed by atoms with Crippen LogP contribution in [-0.2, 0) is 0 Å². The minimum absolute atomic E-state index is 0.129. The Morgan fingerprint density at radius 3 is 2.71 bits per heavy atom. The van der Waals surface area contributed by atoms with Crippen LogP contribution < -0.4 is 5.32 Å². The fraction of sp³-hybridized carbons (Fsp3) is 0.0769. The van der Waals surface area contributed by atoms with Gasteiger partial charge in [-0.25, -0.2) is 4.98 Å². The molecule has 0 spiro atoms. The lowest BCUT2D eigenvalue weighted by molar-refractivity contribution is -0.384. The van der Waals surface area contributed by atoms with E-state index < -0.39 is 10.8 Å². The number of nitrogens with one attached hydrogen (secondary N) is 1. The summed E-state index contributed by atoms with van der Waals surface area (Å²) < 4.78 is 0.539. The summed E-state index contributed by atoms with van der Waals surface area (Å²) >= 11 is 8.96. The van der Waals surface area contributed by atoms with E-state index >= 15 is 0 Å². The van der Waals surface area contributed by atoms with Crippen molar-refractivity contribution in [2.24, 2.45) is 0 Å². The van der Waals surface area contributed by atoms with Crippen LogP contribution in [0.15, 0.2) is 34.9 Å². The van der Waals surface area contributed by atoms with Gasteiger partial charge in [-0.3, -0.25) is 14.9 Å². The average molecular weight is 371 g/mol. The number of rotatable bonds is 3. The van der Waals surface area contributed by atoms with Gasteiger partial charge in [0.15, 0.2) is 0 Å². The van der Waals surface area contributed by atoms with Gasteiger partial charge in [0.05, 0.1) is 21.3 Å². The number of nitro benzene ring substituents is 1. The van der Waals surface area contributed by atoms with Gasteiger partial charge in [0.2, 0.25) is 0 Å². The smallest absolute Gasteiger partial charge is 0.270 e. The first-order valence-corrected chi connectivity index (χ1v) is 6.92. The third kappa shape index (κ3) is 3.77. The second-order valence-corrected chi connectivity index (χ2v) is 5.48. The lowest BCUT2D eigenvalue weighted by atomic mass is 10.1. The summed E-state index contributed by atoms with van der Waals surface area (Å²) in [5, 5.41) is 13.7. The summed E-state index contributed by atoms with van der Waals surface area (Å²) in [4.78, 5) is 26.3. The molecular formula is C13H9BrClN3O3. The van der Waals surface area contributed by atoms with E-state index in [1.54, 1.807) is 19.1 Å². The number of pyridine rings is 1. The van der Waals surface area contributed by atoms with Crippen molar-refractivity contribution in [1.29, 1.82) is 0 Å². The number of hydrogen-bond acceptors (Lipinski definition) is 4. The number of benzene rings is 1. The summed E-state index contributed by atoms with van der Waals surface area (Å²) in [6.07, 6.45) is 1.40. The highest BCUT2D eigenvalue weighted by Gasteiger charge is 2.14. The average Bonchev–Trinajstić information content (AvgIpc) is 2.42. The molecule has 0 fully saturated rings. The first kappa shape index (κ1) is 15.4. The van der Waals surface area contributed by atoms with Gasteiger partial charge in [-0.1, -0.05) is 11.6 Å². The fourth-order valence-electron chi connectivity index (χ4n) is 1.69. The highest BCUT2D eigenvalue weighted by atomic mass is 79.9. The summed E-state index contributed by atoms with van der Waals surface area (Å²) in [5.74, 6) is -0.460. The topological polar surface area (TPSA) is 85.1 Å². The van der Waals surface area contributed by atoms with Crippen LogP contribution in [-0.4, -0.2) is 15.8 Å². The first-order valence-electron chi connectivity index (χ1n) is 5.75. The van der Waals surface area contributed by atoms with Crippen LogP contribution in [0.5, 0.6) is 0 Å².